The second-order valence-electron chi connectivity index (χ2n) is 7.73. The van der Waals surface area contributed by atoms with E-state index < -0.39 is 17.4 Å². The van der Waals surface area contributed by atoms with Crippen molar-refractivity contribution in [3.63, 3.8) is 0 Å². The highest BCUT2D eigenvalue weighted by atomic mass is 19.1. The number of carbonyl (C=O) groups is 3. The second-order valence-corrected chi connectivity index (χ2v) is 7.73. The third-order valence-corrected chi connectivity index (χ3v) is 5.37. The topological polar surface area (TPSA) is 69.7 Å². The van der Waals surface area contributed by atoms with Gasteiger partial charge in [-0.15, -0.1) is 0 Å². The number of rotatable bonds is 7. The fourth-order valence-corrected chi connectivity index (χ4v) is 3.65. The van der Waals surface area contributed by atoms with Crippen molar-refractivity contribution in [3.05, 3.63) is 71.0 Å². The number of urea groups is 1. The van der Waals surface area contributed by atoms with E-state index in [4.69, 9.17) is 0 Å². The molecule has 30 heavy (non-hydrogen) atoms. The average molecular weight is 411 g/mol. The Bertz CT molecular complexity index is 941. The number of carbonyl (C=O) groups excluding carboxylic acids is 3. The van der Waals surface area contributed by atoms with Crippen molar-refractivity contribution in [1.82, 2.24) is 15.1 Å². The lowest BCUT2D eigenvalue weighted by Gasteiger charge is -2.27. The molecule has 1 fully saturated rings. The molecule has 1 aliphatic heterocycles. The van der Waals surface area contributed by atoms with Crippen LogP contribution in [0.5, 0.6) is 0 Å². The van der Waals surface area contributed by atoms with Crippen LogP contribution in [0.2, 0.25) is 0 Å². The Morgan fingerprint density at radius 3 is 2.27 bits per heavy atom. The molecular formula is C23H26FN3O3. The smallest absolute Gasteiger partial charge is 0.325 e. The summed E-state index contributed by atoms with van der Waals surface area (Å²) in [5, 5.41) is 2.86. The van der Waals surface area contributed by atoms with Crippen molar-refractivity contribution in [2.75, 3.05) is 14.1 Å². The number of nitrogens with one attached hydrogen (secondary N) is 1. The van der Waals surface area contributed by atoms with Gasteiger partial charge in [0.05, 0.1) is 6.54 Å². The molecule has 3 rings (SSSR count). The highest BCUT2D eigenvalue weighted by molar-refractivity contribution is 6.07. The first-order chi connectivity index (χ1) is 14.3. The quantitative estimate of drug-likeness (QED) is 0.707. The zero-order chi connectivity index (χ0) is 21.9. The molecule has 1 saturated heterocycles. The van der Waals surface area contributed by atoms with Gasteiger partial charge in [-0.3, -0.25) is 14.5 Å². The van der Waals surface area contributed by atoms with Gasteiger partial charge in [0.2, 0.25) is 0 Å². The van der Waals surface area contributed by atoms with Crippen LogP contribution in [0.3, 0.4) is 0 Å². The van der Waals surface area contributed by atoms with E-state index in [2.05, 4.69) is 5.32 Å². The highest BCUT2D eigenvalue weighted by Crippen LogP contribution is 2.35. The number of hydrogen-bond acceptors (Lipinski definition) is 3. The van der Waals surface area contributed by atoms with Crippen LogP contribution in [-0.2, 0) is 16.9 Å². The number of amides is 4. The molecule has 1 heterocycles. The molecule has 0 radical (unpaired) electrons. The normalized spacial score (nSPS) is 18.5. The van der Waals surface area contributed by atoms with E-state index in [9.17, 15) is 18.8 Å². The number of nitrogens with zero attached hydrogens (tertiary/aromatic N) is 2. The maximum atomic E-state index is 13.4. The molecule has 1 atom stereocenters. The summed E-state index contributed by atoms with van der Waals surface area (Å²) >= 11 is 0. The molecule has 0 aliphatic carbocycles. The van der Waals surface area contributed by atoms with Gasteiger partial charge in [-0.1, -0.05) is 44.0 Å². The van der Waals surface area contributed by atoms with Gasteiger partial charge in [0.25, 0.3) is 11.8 Å². The van der Waals surface area contributed by atoms with Gasteiger partial charge in [-0.25, -0.2) is 9.18 Å². The number of halogens is 1. The molecule has 0 spiro atoms. The van der Waals surface area contributed by atoms with Gasteiger partial charge in [-0.05, 0) is 41.8 Å². The maximum Gasteiger partial charge on any atom is 0.325 e. The van der Waals surface area contributed by atoms with Crippen LogP contribution in [-0.4, -0.2) is 41.7 Å². The predicted molar refractivity (Wildman–Crippen MR) is 111 cm³/mol. The molecule has 1 unspecified atom stereocenters. The number of benzene rings is 2. The Morgan fingerprint density at radius 2 is 1.70 bits per heavy atom. The summed E-state index contributed by atoms with van der Waals surface area (Å²) < 4.78 is 13.4. The van der Waals surface area contributed by atoms with Crippen LogP contribution < -0.4 is 5.32 Å². The zero-order valence-electron chi connectivity index (χ0n) is 17.4. The molecular weight excluding hydrogens is 385 g/mol. The van der Waals surface area contributed by atoms with E-state index in [1.165, 1.54) is 21.9 Å². The summed E-state index contributed by atoms with van der Waals surface area (Å²) in [6.07, 6.45) is 2.03. The van der Waals surface area contributed by atoms with Gasteiger partial charge < -0.3 is 10.2 Å². The molecule has 0 bridgehead atoms. The Morgan fingerprint density at radius 1 is 1.07 bits per heavy atom. The Hall–Kier alpha value is -3.22. The van der Waals surface area contributed by atoms with E-state index in [0.29, 0.717) is 17.5 Å². The summed E-state index contributed by atoms with van der Waals surface area (Å²) in [4.78, 5) is 40.8. The largest absolute Gasteiger partial charge is 0.345 e. The second kappa shape index (κ2) is 8.65. The molecule has 4 amide bonds. The van der Waals surface area contributed by atoms with Crippen LogP contribution >= 0.6 is 0 Å². The summed E-state index contributed by atoms with van der Waals surface area (Å²) in [5.74, 6) is -0.863. The average Bonchev–Trinajstić information content (AvgIpc) is 2.97. The van der Waals surface area contributed by atoms with E-state index in [0.717, 1.165) is 18.4 Å². The third kappa shape index (κ3) is 4.06. The monoisotopic (exact) mass is 411 g/mol. The van der Waals surface area contributed by atoms with Crippen LogP contribution in [0.1, 0.15) is 47.7 Å². The molecule has 0 aromatic heterocycles. The van der Waals surface area contributed by atoms with Gasteiger partial charge in [-0.2, -0.15) is 0 Å². The van der Waals surface area contributed by atoms with Crippen molar-refractivity contribution in [3.8, 4) is 0 Å². The Labute approximate surface area is 175 Å². The van der Waals surface area contributed by atoms with Crippen molar-refractivity contribution in [1.29, 1.82) is 0 Å². The third-order valence-electron chi connectivity index (χ3n) is 5.37. The molecule has 158 valence electrons. The predicted octanol–water partition coefficient (Wildman–Crippen LogP) is 3.67. The van der Waals surface area contributed by atoms with Gasteiger partial charge in [0, 0.05) is 19.7 Å². The molecule has 7 heteroatoms. The van der Waals surface area contributed by atoms with Crippen LogP contribution in [0, 0.1) is 5.82 Å². The standard InChI is InChI=1S/C23H26FN3O3/c1-4-5-14-23(18-10-12-19(24)13-11-18)21(29)27(22(30)25-23)15-16-6-8-17(9-7-16)20(28)26(2)3/h6-13H,4-5,14-15H2,1-3H3,(H,25,30). The Kier molecular flexibility index (Phi) is 6.20. The fourth-order valence-electron chi connectivity index (χ4n) is 3.65. The van der Waals surface area contributed by atoms with E-state index in [1.54, 1.807) is 50.5 Å². The minimum atomic E-state index is -1.19. The lowest BCUT2D eigenvalue weighted by atomic mass is 9.84. The highest BCUT2D eigenvalue weighted by Gasteiger charge is 2.51. The van der Waals surface area contributed by atoms with Crippen LogP contribution in [0.25, 0.3) is 0 Å². The maximum absolute atomic E-state index is 13.4. The lowest BCUT2D eigenvalue weighted by Crippen LogP contribution is -2.44. The summed E-state index contributed by atoms with van der Waals surface area (Å²) in [5.41, 5.74) is 0.649. The molecule has 2 aromatic rings. The molecule has 6 nitrogen and oxygen atoms in total. The first kappa shape index (κ1) is 21.5. The molecule has 0 saturated carbocycles. The number of unbranched alkanes of at least 4 members (excludes halogenated alkanes) is 1. The van der Waals surface area contributed by atoms with Crippen molar-refractivity contribution >= 4 is 17.8 Å². The zero-order valence-corrected chi connectivity index (χ0v) is 17.4. The first-order valence-corrected chi connectivity index (χ1v) is 9.99. The van der Waals surface area contributed by atoms with Crippen molar-refractivity contribution in [2.45, 2.75) is 38.3 Å². The Balaban J connectivity index is 1.86. The molecule has 2 aromatic carbocycles. The summed E-state index contributed by atoms with van der Waals surface area (Å²) in [6, 6.07) is 12.1. The SMILES string of the molecule is CCCCC1(c2ccc(F)cc2)NC(=O)N(Cc2ccc(C(=O)N(C)C)cc2)C1=O. The summed E-state index contributed by atoms with van der Waals surface area (Å²) in [7, 11) is 3.35. The summed E-state index contributed by atoms with van der Waals surface area (Å²) in [6.45, 7) is 2.10. The first-order valence-electron chi connectivity index (χ1n) is 9.99. The van der Waals surface area contributed by atoms with Crippen LogP contribution in [0.15, 0.2) is 48.5 Å². The van der Waals surface area contributed by atoms with Crippen molar-refractivity contribution in [2.24, 2.45) is 0 Å². The molecule has 1 aliphatic rings. The minimum absolute atomic E-state index is 0.0934. The number of hydrogen-bond donors (Lipinski definition) is 1. The van der Waals surface area contributed by atoms with Crippen LogP contribution in [0.4, 0.5) is 9.18 Å². The van der Waals surface area contributed by atoms with E-state index >= 15 is 0 Å². The lowest BCUT2D eigenvalue weighted by molar-refractivity contribution is -0.132. The molecule has 1 N–H and O–H groups in total. The number of imide groups is 1. The van der Waals surface area contributed by atoms with E-state index in [1.807, 2.05) is 6.92 Å². The fraction of sp³-hybridized carbons (Fsp3) is 0.348. The van der Waals surface area contributed by atoms with Gasteiger partial charge in [0.15, 0.2) is 0 Å². The van der Waals surface area contributed by atoms with Gasteiger partial charge in [0.1, 0.15) is 11.4 Å². The van der Waals surface area contributed by atoms with Crippen molar-refractivity contribution < 1.29 is 18.8 Å². The minimum Gasteiger partial charge on any atom is -0.345 e. The van der Waals surface area contributed by atoms with E-state index in [-0.39, 0.29) is 18.4 Å². The van der Waals surface area contributed by atoms with Gasteiger partial charge >= 0.3 is 6.03 Å².